The normalized spacial score (nSPS) is 16.7. The fraction of sp³-hybridized carbons (Fsp3) is 0.474. The number of guanidine groups is 1. The van der Waals surface area contributed by atoms with E-state index in [1.54, 1.807) is 14.2 Å². The van der Waals surface area contributed by atoms with E-state index < -0.39 is 0 Å². The number of halogens is 2. The Labute approximate surface area is 191 Å². The first-order valence-corrected chi connectivity index (χ1v) is 9.69. The van der Waals surface area contributed by atoms with Crippen molar-refractivity contribution < 1.29 is 9.47 Å². The predicted octanol–water partition coefficient (Wildman–Crippen LogP) is 3.38. The van der Waals surface area contributed by atoms with Crippen molar-refractivity contribution in [1.29, 1.82) is 0 Å². The van der Waals surface area contributed by atoms with Crippen molar-refractivity contribution >= 4 is 45.9 Å². The third-order valence-corrected chi connectivity index (χ3v) is 5.62. The Morgan fingerprint density at radius 3 is 2.64 bits per heavy atom. The summed E-state index contributed by atoms with van der Waals surface area (Å²) in [5.41, 5.74) is 2.37. The van der Waals surface area contributed by atoms with Gasteiger partial charge in [0.2, 0.25) is 0 Å². The van der Waals surface area contributed by atoms with Crippen LogP contribution in [0.15, 0.2) is 34.0 Å². The summed E-state index contributed by atoms with van der Waals surface area (Å²) >= 11 is 3.61. The smallest absolute Gasteiger partial charge is 0.193 e. The lowest BCUT2D eigenvalue weighted by Gasteiger charge is -2.22. The number of aromatic nitrogens is 2. The van der Waals surface area contributed by atoms with Gasteiger partial charge in [-0.1, -0.05) is 15.9 Å². The van der Waals surface area contributed by atoms with E-state index in [0.29, 0.717) is 24.0 Å². The number of ether oxygens (including phenoxy) is 2. The monoisotopic (exact) mass is 563 g/mol. The van der Waals surface area contributed by atoms with Crippen molar-refractivity contribution in [2.24, 2.45) is 12.0 Å². The molecule has 0 aliphatic carbocycles. The third-order valence-electron chi connectivity index (χ3n) is 4.89. The van der Waals surface area contributed by atoms with E-state index in [0.717, 1.165) is 35.5 Å². The standard InChI is InChI=1S/C19H26BrN5O2.HI/c1-21-19(25-6-5-13(12-25)15-10-23-24(2)11-15)22-9-14-7-17(26-3)18(27-4)8-16(14)20;/h7-8,10-11,13H,5-6,9,12H2,1-4H3,(H,21,22);1H. The molecule has 3 rings (SSSR count). The second kappa shape index (κ2) is 10.3. The van der Waals surface area contributed by atoms with Gasteiger partial charge in [0.1, 0.15) is 0 Å². The molecule has 7 nitrogen and oxygen atoms in total. The Morgan fingerprint density at radius 2 is 2.04 bits per heavy atom. The highest BCUT2D eigenvalue weighted by atomic mass is 127. The van der Waals surface area contributed by atoms with Crippen LogP contribution in [0.2, 0.25) is 0 Å². The molecule has 1 aromatic carbocycles. The van der Waals surface area contributed by atoms with Crippen LogP contribution in [-0.2, 0) is 13.6 Å². The molecule has 0 bridgehead atoms. The maximum Gasteiger partial charge on any atom is 0.193 e. The molecule has 2 aromatic rings. The highest BCUT2D eigenvalue weighted by molar-refractivity contribution is 14.0. The summed E-state index contributed by atoms with van der Waals surface area (Å²) in [6.07, 6.45) is 5.17. The molecule has 1 aliphatic rings. The number of nitrogens with zero attached hydrogens (tertiary/aromatic N) is 4. The van der Waals surface area contributed by atoms with E-state index in [4.69, 9.17) is 9.47 Å². The van der Waals surface area contributed by atoms with Crippen LogP contribution in [-0.4, -0.2) is 55.0 Å². The SMILES string of the molecule is CN=C(NCc1cc(OC)c(OC)cc1Br)N1CCC(c2cnn(C)c2)C1.I. The maximum atomic E-state index is 5.41. The summed E-state index contributed by atoms with van der Waals surface area (Å²) in [4.78, 5) is 6.76. The van der Waals surface area contributed by atoms with Crippen molar-refractivity contribution in [3.05, 3.63) is 40.1 Å². The molecule has 1 saturated heterocycles. The highest BCUT2D eigenvalue weighted by Gasteiger charge is 2.27. The molecular weight excluding hydrogens is 537 g/mol. The number of benzene rings is 1. The molecule has 0 amide bonds. The Morgan fingerprint density at radius 1 is 1.32 bits per heavy atom. The lowest BCUT2D eigenvalue weighted by Crippen LogP contribution is -2.39. The lowest BCUT2D eigenvalue weighted by atomic mass is 10.0. The topological polar surface area (TPSA) is 63.9 Å². The first kappa shape index (κ1) is 22.8. The summed E-state index contributed by atoms with van der Waals surface area (Å²) < 4.78 is 13.6. The van der Waals surface area contributed by atoms with Gasteiger partial charge in [0, 0.05) is 50.3 Å². The summed E-state index contributed by atoms with van der Waals surface area (Å²) in [7, 11) is 7.06. The van der Waals surface area contributed by atoms with Crippen molar-refractivity contribution in [3.8, 4) is 11.5 Å². The van der Waals surface area contributed by atoms with Crippen LogP contribution >= 0.6 is 39.9 Å². The van der Waals surface area contributed by atoms with Crippen molar-refractivity contribution in [1.82, 2.24) is 20.0 Å². The molecular formula is C19H27BrIN5O2. The van der Waals surface area contributed by atoms with Gasteiger partial charge in [-0.2, -0.15) is 5.10 Å². The van der Waals surface area contributed by atoms with E-state index in [2.05, 4.69) is 42.4 Å². The molecule has 1 N–H and O–H groups in total. The van der Waals surface area contributed by atoms with Crippen molar-refractivity contribution in [3.63, 3.8) is 0 Å². The fourth-order valence-corrected chi connectivity index (χ4v) is 3.88. The molecule has 1 aliphatic heterocycles. The van der Waals surface area contributed by atoms with Crippen LogP contribution < -0.4 is 14.8 Å². The third kappa shape index (κ3) is 5.11. The highest BCUT2D eigenvalue weighted by Crippen LogP contribution is 2.33. The summed E-state index contributed by atoms with van der Waals surface area (Å²) in [6.45, 7) is 2.56. The zero-order chi connectivity index (χ0) is 19.4. The molecule has 2 heterocycles. The minimum Gasteiger partial charge on any atom is -0.493 e. The van der Waals surface area contributed by atoms with Crippen LogP contribution in [0.3, 0.4) is 0 Å². The summed E-state index contributed by atoms with van der Waals surface area (Å²) in [5, 5.41) is 7.76. The lowest BCUT2D eigenvalue weighted by molar-refractivity contribution is 0.354. The molecule has 9 heteroatoms. The summed E-state index contributed by atoms with van der Waals surface area (Å²) in [5.74, 6) is 2.81. The van der Waals surface area contributed by atoms with Crippen LogP contribution in [0, 0.1) is 0 Å². The van der Waals surface area contributed by atoms with Crippen LogP contribution in [0.5, 0.6) is 11.5 Å². The van der Waals surface area contributed by atoms with Gasteiger partial charge in [0.05, 0.1) is 20.4 Å². The molecule has 28 heavy (non-hydrogen) atoms. The predicted molar refractivity (Wildman–Crippen MR) is 125 cm³/mol. The molecule has 1 fully saturated rings. The van der Waals surface area contributed by atoms with E-state index in [1.807, 2.05) is 37.1 Å². The fourth-order valence-electron chi connectivity index (χ4n) is 3.41. The average Bonchev–Trinajstić information content (AvgIpc) is 3.32. The van der Waals surface area contributed by atoms with Crippen molar-refractivity contribution in [2.45, 2.75) is 18.9 Å². The minimum atomic E-state index is 0. The minimum absolute atomic E-state index is 0. The number of likely N-dealkylation sites (tertiary alicyclic amines) is 1. The molecule has 0 spiro atoms. The van der Waals surface area contributed by atoms with Crippen molar-refractivity contribution in [2.75, 3.05) is 34.4 Å². The Bertz CT molecular complexity index is 827. The number of rotatable bonds is 5. The van der Waals surface area contributed by atoms with Crippen LogP contribution in [0.25, 0.3) is 0 Å². The zero-order valence-electron chi connectivity index (χ0n) is 16.6. The van der Waals surface area contributed by atoms with E-state index in [-0.39, 0.29) is 24.0 Å². The molecule has 1 unspecified atom stereocenters. The molecule has 0 radical (unpaired) electrons. The molecule has 1 aromatic heterocycles. The number of hydrogen-bond acceptors (Lipinski definition) is 4. The van der Waals surface area contributed by atoms with Gasteiger partial charge in [-0.3, -0.25) is 9.67 Å². The van der Waals surface area contributed by atoms with Crippen LogP contribution in [0.1, 0.15) is 23.5 Å². The summed E-state index contributed by atoms with van der Waals surface area (Å²) in [6, 6.07) is 3.90. The molecule has 1 atom stereocenters. The van der Waals surface area contributed by atoms with Gasteiger partial charge in [-0.25, -0.2) is 0 Å². The van der Waals surface area contributed by atoms with Gasteiger partial charge >= 0.3 is 0 Å². The van der Waals surface area contributed by atoms with Gasteiger partial charge in [0.25, 0.3) is 0 Å². The van der Waals surface area contributed by atoms with E-state index in [1.165, 1.54) is 5.56 Å². The van der Waals surface area contributed by atoms with Gasteiger partial charge < -0.3 is 19.7 Å². The average molecular weight is 564 g/mol. The van der Waals surface area contributed by atoms with E-state index >= 15 is 0 Å². The van der Waals surface area contributed by atoms with Gasteiger partial charge in [0.15, 0.2) is 17.5 Å². The number of aryl methyl sites for hydroxylation is 1. The van der Waals surface area contributed by atoms with Gasteiger partial charge in [-0.05, 0) is 29.7 Å². The first-order valence-electron chi connectivity index (χ1n) is 8.90. The Hall–Kier alpha value is -1.49. The number of nitrogens with one attached hydrogen (secondary N) is 1. The Balaban J connectivity index is 0.00000280. The Kier molecular flexibility index (Phi) is 8.41. The second-order valence-electron chi connectivity index (χ2n) is 6.58. The quantitative estimate of drug-likeness (QED) is 0.343. The van der Waals surface area contributed by atoms with Gasteiger partial charge in [-0.15, -0.1) is 24.0 Å². The molecule has 154 valence electrons. The largest absolute Gasteiger partial charge is 0.493 e. The number of aliphatic imine (C=N–C) groups is 1. The maximum absolute atomic E-state index is 5.41. The van der Waals surface area contributed by atoms with Crippen LogP contribution in [0.4, 0.5) is 0 Å². The molecule has 0 saturated carbocycles. The first-order chi connectivity index (χ1) is 13.0. The number of hydrogen-bond donors (Lipinski definition) is 1. The zero-order valence-corrected chi connectivity index (χ0v) is 20.5. The second-order valence-corrected chi connectivity index (χ2v) is 7.43. The number of methoxy groups -OCH3 is 2. The van der Waals surface area contributed by atoms with E-state index in [9.17, 15) is 0 Å².